The van der Waals surface area contributed by atoms with Crippen molar-refractivity contribution in [1.82, 2.24) is 10.6 Å². The van der Waals surface area contributed by atoms with Gasteiger partial charge in [-0.15, -0.1) is 11.3 Å². The molecule has 2 aromatic carbocycles. The Morgan fingerprint density at radius 3 is 2.32 bits per heavy atom. The molecule has 2 amide bonds. The van der Waals surface area contributed by atoms with Crippen LogP contribution >= 0.6 is 11.3 Å². The molecule has 6 heteroatoms. The Bertz CT molecular complexity index is 911. The third kappa shape index (κ3) is 5.27. The first-order valence-electron chi connectivity index (χ1n) is 8.97. The predicted molar refractivity (Wildman–Crippen MR) is 109 cm³/mol. The van der Waals surface area contributed by atoms with Gasteiger partial charge in [-0.3, -0.25) is 9.59 Å². The fourth-order valence-electron chi connectivity index (χ4n) is 2.88. The van der Waals surface area contributed by atoms with Crippen molar-refractivity contribution in [2.24, 2.45) is 0 Å². The van der Waals surface area contributed by atoms with E-state index in [2.05, 4.69) is 10.6 Å². The van der Waals surface area contributed by atoms with Crippen molar-refractivity contribution >= 4 is 23.2 Å². The largest absolute Gasteiger partial charge is 0.349 e. The lowest BCUT2D eigenvalue weighted by Gasteiger charge is -2.20. The predicted octanol–water partition coefficient (Wildman–Crippen LogP) is 4.30. The van der Waals surface area contributed by atoms with E-state index < -0.39 is 0 Å². The second kappa shape index (κ2) is 9.28. The van der Waals surface area contributed by atoms with Gasteiger partial charge in [-0.25, -0.2) is 4.39 Å². The molecule has 0 unspecified atom stereocenters. The molecule has 1 aromatic heterocycles. The third-order valence-corrected chi connectivity index (χ3v) is 5.18. The molecule has 1 heterocycles. The van der Waals surface area contributed by atoms with E-state index in [9.17, 15) is 14.0 Å². The normalized spacial score (nSPS) is 12.8. The highest BCUT2D eigenvalue weighted by Crippen LogP contribution is 2.26. The van der Waals surface area contributed by atoms with E-state index in [1.165, 1.54) is 23.5 Å². The molecule has 0 bridgehead atoms. The number of amides is 2. The van der Waals surface area contributed by atoms with Gasteiger partial charge in [-0.2, -0.15) is 0 Å². The summed E-state index contributed by atoms with van der Waals surface area (Å²) in [6.45, 7) is 1.79. The van der Waals surface area contributed by atoms with Crippen LogP contribution in [0.25, 0.3) is 0 Å². The fourth-order valence-corrected chi connectivity index (χ4v) is 3.68. The van der Waals surface area contributed by atoms with Crippen molar-refractivity contribution in [3.8, 4) is 0 Å². The number of benzene rings is 2. The van der Waals surface area contributed by atoms with Gasteiger partial charge in [0, 0.05) is 22.9 Å². The molecule has 3 rings (SSSR count). The lowest BCUT2D eigenvalue weighted by Crippen LogP contribution is -2.38. The van der Waals surface area contributed by atoms with Gasteiger partial charge in [-0.1, -0.05) is 36.4 Å². The van der Waals surface area contributed by atoms with E-state index in [-0.39, 0.29) is 36.1 Å². The number of nitrogens with one attached hydrogen (secondary N) is 2. The van der Waals surface area contributed by atoms with Crippen LogP contribution in [0.2, 0.25) is 0 Å². The Morgan fingerprint density at radius 2 is 1.68 bits per heavy atom. The van der Waals surface area contributed by atoms with Gasteiger partial charge in [0.25, 0.3) is 5.91 Å². The first-order valence-corrected chi connectivity index (χ1v) is 9.85. The van der Waals surface area contributed by atoms with E-state index in [4.69, 9.17) is 0 Å². The first kappa shape index (κ1) is 19.8. The van der Waals surface area contributed by atoms with Crippen LogP contribution in [0, 0.1) is 5.82 Å². The van der Waals surface area contributed by atoms with Crippen LogP contribution in [0.4, 0.5) is 4.39 Å². The van der Waals surface area contributed by atoms with Crippen LogP contribution in [0.5, 0.6) is 0 Å². The highest BCUT2D eigenvalue weighted by Gasteiger charge is 2.20. The van der Waals surface area contributed by atoms with E-state index in [1.807, 2.05) is 23.6 Å². The molecular weight excluding hydrogens is 375 g/mol. The summed E-state index contributed by atoms with van der Waals surface area (Å²) in [5, 5.41) is 7.76. The molecular formula is C22H21FN2O2S. The Labute approximate surface area is 167 Å². The Kier molecular flexibility index (Phi) is 6.55. The summed E-state index contributed by atoms with van der Waals surface area (Å²) in [7, 11) is 0. The fraction of sp³-hybridized carbons (Fsp3) is 0.182. The summed E-state index contributed by atoms with van der Waals surface area (Å²) >= 11 is 1.52. The molecule has 0 fully saturated rings. The lowest BCUT2D eigenvalue weighted by atomic mass is 10.0. The van der Waals surface area contributed by atoms with E-state index in [1.54, 1.807) is 43.3 Å². The maximum absolute atomic E-state index is 13.3. The highest BCUT2D eigenvalue weighted by atomic mass is 32.1. The Balaban J connectivity index is 1.63. The quantitative estimate of drug-likeness (QED) is 0.626. The monoisotopic (exact) mass is 396 g/mol. The van der Waals surface area contributed by atoms with E-state index >= 15 is 0 Å². The molecule has 2 N–H and O–H groups in total. The van der Waals surface area contributed by atoms with E-state index in [0.717, 1.165) is 10.4 Å². The Hall–Kier alpha value is -2.99. The van der Waals surface area contributed by atoms with Crippen molar-refractivity contribution in [2.75, 3.05) is 0 Å². The minimum atomic E-state index is -0.356. The number of carbonyl (C=O) groups excluding carboxylic acids is 2. The van der Waals surface area contributed by atoms with Crippen LogP contribution in [0.1, 0.15) is 40.2 Å². The molecule has 0 aliphatic heterocycles. The van der Waals surface area contributed by atoms with Crippen molar-refractivity contribution in [2.45, 2.75) is 25.4 Å². The molecule has 0 aliphatic rings. The van der Waals surface area contributed by atoms with Gasteiger partial charge < -0.3 is 10.6 Å². The summed E-state index contributed by atoms with van der Waals surface area (Å²) in [5.41, 5.74) is 1.36. The number of hydrogen-bond acceptors (Lipinski definition) is 3. The van der Waals surface area contributed by atoms with Gasteiger partial charge in [0.1, 0.15) is 5.82 Å². The third-order valence-electron chi connectivity index (χ3n) is 4.24. The van der Waals surface area contributed by atoms with Gasteiger partial charge in [0.2, 0.25) is 5.91 Å². The number of carbonyl (C=O) groups is 2. The maximum Gasteiger partial charge on any atom is 0.251 e. The van der Waals surface area contributed by atoms with Crippen molar-refractivity contribution in [3.05, 3.63) is 93.9 Å². The van der Waals surface area contributed by atoms with Crippen molar-refractivity contribution in [3.63, 3.8) is 0 Å². The molecule has 4 nitrogen and oxygen atoms in total. The molecule has 3 aromatic rings. The van der Waals surface area contributed by atoms with Crippen molar-refractivity contribution < 1.29 is 14.0 Å². The van der Waals surface area contributed by atoms with Crippen LogP contribution in [0.3, 0.4) is 0 Å². The number of halogens is 1. The summed E-state index contributed by atoms with van der Waals surface area (Å²) in [6.07, 6.45) is 0.141. The molecule has 0 aliphatic carbocycles. The van der Waals surface area contributed by atoms with Gasteiger partial charge in [0.05, 0.1) is 6.04 Å². The number of hydrogen-bond donors (Lipinski definition) is 2. The molecule has 28 heavy (non-hydrogen) atoms. The molecule has 0 saturated carbocycles. The van der Waals surface area contributed by atoms with Crippen LogP contribution in [-0.2, 0) is 4.79 Å². The van der Waals surface area contributed by atoms with Crippen LogP contribution in [-0.4, -0.2) is 17.9 Å². The minimum absolute atomic E-state index is 0.141. The summed E-state index contributed by atoms with van der Waals surface area (Å²) in [4.78, 5) is 25.8. The lowest BCUT2D eigenvalue weighted by molar-refractivity contribution is -0.121. The molecule has 144 valence electrons. The second-order valence-corrected chi connectivity index (χ2v) is 7.49. The van der Waals surface area contributed by atoms with Gasteiger partial charge in [-0.05, 0) is 48.2 Å². The highest BCUT2D eigenvalue weighted by molar-refractivity contribution is 7.10. The SMILES string of the molecule is C[C@H](CC(=O)N[C@H](c1ccc(F)cc1)c1cccs1)NC(=O)c1ccccc1. The maximum atomic E-state index is 13.3. The average molecular weight is 396 g/mol. The topological polar surface area (TPSA) is 58.2 Å². The number of thiophene rings is 1. The summed E-state index contributed by atoms with van der Waals surface area (Å²) < 4.78 is 13.3. The van der Waals surface area contributed by atoms with Crippen molar-refractivity contribution in [1.29, 1.82) is 0 Å². The van der Waals surface area contributed by atoms with Gasteiger partial charge in [0.15, 0.2) is 0 Å². The minimum Gasteiger partial charge on any atom is -0.349 e. The zero-order valence-electron chi connectivity index (χ0n) is 15.4. The van der Waals surface area contributed by atoms with Gasteiger partial charge >= 0.3 is 0 Å². The summed E-state index contributed by atoms with van der Waals surface area (Å²) in [5.74, 6) is -0.727. The standard InChI is InChI=1S/C22H21FN2O2S/c1-15(24-22(27)17-6-3-2-4-7-17)14-20(26)25-21(19-8-5-13-28-19)16-9-11-18(23)12-10-16/h2-13,15,21H,14H2,1H3,(H,24,27)(H,25,26)/t15-,21-/m1/s1. The second-order valence-electron chi connectivity index (χ2n) is 6.51. The molecule has 0 spiro atoms. The zero-order valence-corrected chi connectivity index (χ0v) is 16.2. The summed E-state index contributed by atoms with van der Waals surface area (Å²) in [6, 6.07) is 18.1. The Morgan fingerprint density at radius 1 is 0.964 bits per heavy atom. The smallest absolute Gasteiger partial charge is 0.251 e. The van der Waals surface area contributed by atoms with Crippen LogP contribution in [0.15, 0.2) is 72.1 Å². The average Bonchev–Trinajstić information content (AvgIpc) is 3.22. The molecule has 0 saturated heterocycles. The zero-order chi connectivity index (χ0) is 19.9. The van der Waals surface area contributed by atoms with Crippen LogP contribution < -0.4 is 10.6 Å². The number of rotatable bonds is 7. The molecule has 0 radical (unpaired) electrons. The first-order chi connectivity index (χ1) is 13.5. The van der Waals surface area contributed by atoms with E-state index in [0.29, 0.717) is 5.56 Å². The molecule has 2 atom stereocenters.